The molecule has 2 unspecified atom stereocenters. The molecule has 0 spiro atoms. The molecule has 1 aliphatic heterocycles. The molecule has 0 aromatic carbocycles. The summed E-state index contributed by atoms with van der Waals surface area (Å²) in [5.74, 6) is -0.926. The molecular formula is C12H22N2O3. The van der Waals surface area contributed by atoms with Crippen LogP contribution in [0.1, 0.15) is 39.0 Å². The van der Waals surface area contributed by atoms with Crippen LogP contribution >= 0.6 is 0 Å². The number of amides is 1. The lowest BCUT2D eigenvalue weighted by Crippen LogP contribution is -2.42. The second-order valence-corrected chi connectivity index (χ2v) is 4.90. The average Bonchev–Trinajstić information content (AvgIpc) is 2.19. The molecule has 0 bridgehead atoms. The second kappa shape index (κ2) is 6.59. The summed E-state index contributed by atoms with van der Waals surface area (Å²) >= 11 is 0. The maximum absolute atomic E-state index is 11.7. The van der Waals surface area contributed by atoms with Gasteiger partial charge in [0.25, 0.3) is 0 Å². The van der Waals surface area contributed by atoms with Crippen LogP contribution in [0.25, 0.3) is 0 Å². The number of hydrogen-bond acceptors (Lipinski definition) is 3. The van der Waals surface area contributed by atoms with E-state index in [-0.39, 0.29) is 18.4 Å². The average molecular weight is 242 g/mol. The molecule has 2 atom stereocenters. The number of aliphatic carboxylic acids is 1. The number of carboxylic acids is 1. The van der Waals surface area contributed by atoms with Gasteiger partial charge in [-0.15, -0.1) is 0 Å². The van der Waals surface area contributed by atoms with Crippen LogP contribution in [-0.2, 0) is 9.59 Å². The van der Waals surface area contributed by atoms with Crippen molar-refractivity contribution in [2.24, 2.45) is 0 Å². The molecule has 98 valence electrons. The molecule has 0 aromatic heterocycles. The topological polar surface area (TPSA) is 69.6 Å². The maximum atomic E-state index is 11.7. The third-order valence-electron chi connectivity index (χ3n) is 3.23. The second-order valence-electron chi connectivity index (χ2n) is 4.90. The van der Waals surface area contributed by atoms with Gasteiger partial charge in [0.1, 0.15) is 0 Å². The van der Waals surface area contributed by atoms with Gasteiger partial charge in [0.2, 0.25) is 5.91 Å². The molecule has 0 radical (unpaired) electrons. The van der Waals surface area contributed by atoms with E-state index in [1.807, 2.05) is 7.05 Å². The zero-order chi connectivity index (χ0) is 12.8. The van der Waals surface area contributed by atoms with Crippen molar-refractivity contribution < 1.29 is 14.7 Å². The largest absolute Gasteiger partial charge is 0.481 e. The quantitative estimate of drug-likeness (QED) is 0.749. The Labute approximate surface area is 102 Å². The molecule has 1 fully saturated rings. The van der Waals surface area contributed by atoms with Gasteiger partial charge in [-0.05, 0) is 33.4 Å². The van der Waals surface area contributed by atoms with Gasteiger partial charge in [0, 0.05) is 18.5 Å². The molecule has 17 heavy (non-hydrogen) atoms. The van der Waals surface area contributed by atoms with E-state index in [1.54, 1.807) is 6.92 Å². The summed E-state index contributed by atoms with van der Waals surface area (Å²) in [4.78, 5) is 24.4. The minimum absolute atomic E-state index is 0.0216. The predicted octanol–water partition coefficient (Wildman–Crippen LogP) is 0.840. The summed E-state index contributed by atoms with van der Waals surface area (Å²) in [6, 6.07) is 0.00896. The Bertz CT molecular complexity index is 281. The van der Waals surface area contributed by atoms with Gasteiger partial charge in [-0.1, -0.05) is 6.42 Å². The molecule has 0 aromatic rings. The van der Waals surface area contributed by atoms with Crippen LogP contribution in [0, 0.1) is 0 Å². The normalized spacial score (nSPS) is 23.1. The number of piperidine rings is 1. The molecule has 1 amide bonds. The molecule has 1 rings (SSSR count). The van der Waals surface area contributed by atoms with Crippen molar-refractivity contribution in [3.63, 3.8) is 0 Å². The van der Waals surface area contributed by atoms with E-state index in [4.69, 9.17) is 5.11 Å². The number of nitrogens with one attached hydrogen (secondary N) is 1. The standard InChI is InChI=1S/C12H22N2O3/c1-9(7-12(16)17)13-11(15)8-10-5-3-4-6-14(10)2/h9-10H,3-8H2,1-2H3,(H,13,15)(H,16,17). The number of hydrogen-bond donors (Lipinski definition) is 2. The van der Waals surface area contributed by atoms with Crippen molar-refractivity contribution in [3.8, 4) is 0 Å². The fourth-order valence-electron chi connectivity index (χ4n) is 2.26. The molecular weight excluding hydrogens is 220 g/mol. The van der Waals surface area contributed by atoms with Crippen molar-refractivity contribution in [1.82, 2.24) is 10.2 Å². The highest BCUT2D eigenvalue weighted by atomic mass is 16.4. The monoisotopic (exact) mass is 242 g/mol. The van der Waals surface area contributed by atoms with Crippen LogP contribution < -0.4 is 5.32 Å². The number of carbonyl (C=O) groups excluding carboxylic acids is 1. The zero-order valence-electron chi connectivity index (χ0n) is 10.6. The molecule has 1 saturated heterocycles. The first-order valence-corrected chi connectivity index (χ1v) is 6.20. The van der Waals surface area contributed by atoms with E-state index in [2.05, 4.69) is 10.2 Å². The van der Waals surface area contributed by atoms with Gasteiger partial charge in [-0.3, -0.25) is 9.59 Å². The third kappa shape index (κ3) is 5.17. The van der Waals surface area contributed by atoms with Gasteiger partial charge >= 0.3 is 5.97 Å². The summed E-state index contributed by atoms with van der Waals surface area (Å²) in [5.41, 5.74) is 0. The molecule has 0 aliphatic carbocycles. The first-order valence-electron chi connectivity index (χ1n) is 6.20. The Morgan fingerprint density at radius 2 is 2.18 bits per heavy atom. The van der Waals surface area contributed by atoms with Gasteiger partial charge in [-0.25, -0.2) is 0 Å². The van der Waals surface area contributed by atoms with Crippen LogP contribution in [-0.4, -0.2) is 47.6 Å². The van der Waals surface area contributed by atoms with Gasteiger partial charge in [0.15, 0.2) is 0 Å². The smallest absolute Gasteiger partial charge is 0.305 e. The molecule has 5 nitrogen and oxygen atoms in total. The van der Waals surface area contributed by atoms with E-state index < -0.39 is 5.97 Å². The fourth-order valence-corrected chi connectivity index (χ4v) is 2.26. The summed E-state index contributed by atoms with van der Waals surface area (Å²) in [6.07, 6.45) is 3.88. The van der Waals surface area contributed by atoms with Crippen molar-refractivity contribution in [2.45, 2.75) is 51.1 Å². The molecule has 0 saturated carbocycles. The molecule has 1 heterocycles. The van der Waals surface area contributed by atoms with Crippen molar-refractivity contribution in [1.29, 1.82) is 0 Å². The van der Waals surface area contributed by atoms with E-state index >= 15 is 0 Å². The summed E-state index contributed by atoms with van der Waals surface area (Å²) in [7, 11) is 2.04. The van der Waals surface area contributed by atoms with Crippen LogP contribution in [0.15, 0.2) is 0 Å². The van der Waals surface area contributed by atoms with Crippen LogP contribution in [0.2, 0.25) is 0 Å². The Morgan fingerprint density at radius 1 is 1.47 bits per heavy atom. The van der Waals surface area contributed by atoms with Crippen LogP contribution in [0.4, 0.5) is 0 Å². The Kier molecular flexibility index (Phi) is 5.41. The van der Waals surface area contributed by atoms with E-state index in [0.717, 1.165) is 13.0 Å². The van der Waals surface area contributed by atoms with E-state index in [1.165, 1.54) is 12.8 Å². The maximum Gasteiger partial charge on any atom is 0.305 e. The number of nitrogens with zero attached hydrogens (tertiary/aromatic N) is 1. The first-order chi connectivity index (χ1) is 7.99. The highest BCUT2D eigenvalue weighted by Gasteiger charge is 2.22. The Hall–Kier alpha value is -1.10. The molecule has 5 heteroatoms. The lowest BCUT2D eigenvalue weighted by Gasteiger charge is -2.32. The van der Waals surface area contributed by atoms with Crippen molar-refractivity contribution in [3.05, 3.63) is 0 Å². The zero-order valence-corrected chi connectivity index (χ0v) is 10.6. The lowest BCUT2D eigenvalue weighted by atomic mass is 9.99. The Balaban J connectivity index is 2.30. The number of rotatable bonds is 5. The summed E-state index contributed by atoms with van der Waals surface area (Å²) < 4.78 is 0. The number of carbonyl (C=O) groups is 2. The number of likely N-dealkylation sites (tertiary alicyclic amines) is 1. The van der Waals surface area contributed by atoms with Crippen molar-refractivity contribution >= 4 is 11.9 Å². The molecule has 2 N–H and O–H groups in total. The SMILES string of the molecule is CC(CC(=O)O)NC(=O)CC1CCCCN1C. The minimum atomic E-state index is -0.882. The highest BCUT2D eigenvalue weighted by molar-refractivity contribution is 5.77. The van der Waals surface area contributed by atoms with E-state index in [9.17, 15) is 9.59 Å². The number of carboxylic acid groups (broad SMARTS) is 1. The van der Waals surface area contributed by atoms with Crippen LogP contribution in [0.5, 0.6) is 0 Å². The van der Waals surface area contributed by atoms with Crippen LogP contribution in [0.3, 0.4) is 0 Å². The fraction of sp³-hybridized carbons (Fsp3) is 0.833. The summed E-state index contributed by atoms with van der Waals surface area (Å²) in [6.45, 7) is 2.76. The van der Waals surface area contributed by atoms with Gasteiger partial charge in [-0.2, -0.15) is 0 Å². The molecule has 1 aliphatic rings. The Morgan fingerprint density at radius 3 is 2.76 bits per heavy atom. The van der Waals surface area contributed by atoms with Crippen molar-refractivity contribution in [2.75, 3.05) is 13.6 Å². The minimum Gasteiger partial charge on any atom is -0.481 e. The third-order valence-corrected chi connectivity index (χ3v) is 3.23. The first kappa shape index (κ1) is 14.0. The van der Waals surface area contributed by atoms with Gasteiger partial charge < -0.3 is 15.3 Å². The van der Waals surface area contributed by atoms with Gasteiger partial charge in [0.05, 0.1) is 6.42 Å². The summed E-state index contributed by atoms with van der Waals surface area (Å²) in [5, 5.41) is 11.3. The lowest BCUT2D eigenvalue weighted by molar-refractivity contribution is -0.137. The highest BCUT2D eigenvalue weighted by Crippen LogP contribution is 2.17. The van der Waals surface area contributed by atoms with E-state index in [0.29, 0.717) is 12.5 Å². The predicted molar refractivity (Wildman–Crippen MR) is 64.7 cm³/mol.